The number of nitrogens with zero attached hydrogens (tertiary/aromatic N) is 2. The number of esters is 1. The van der Waals surface area contributed by atoms with Gasteiger partial charge in [-0.2, -0.15) is 5.26 Å². The maximum absolute atomic E-state index is 11.4. The lowest BCUT2D eigenvalue weighted by Gasteiger charge is -2.07. The Hall–Kier alpha value is -2.95. The third-order valence-corrected chi connectivity index (χ3v) is 2.03. The molecule has 0 aromatic heterocycles. The molecule has 0 saturated carbocycles. The number of hydrogen-bond donors (Lipinski definition) is 1. The van der Waals surface area contributed by atoms with Gasteiger partial charge >= 0.3 is 5.97 Å². The molecule has 0 spiro atoms. The topological polar surface area (TPSA) is 122 Å². The molecule has 8 nitrogen and oxygen atoms in total. The SMILES string of the molecule is CC(=O)OCC(=O)Nc1cccc([N+](=O)[O-])c1C#N. The molecular weight excluding hydrogens is 254 g/mol. The first-order chi connectivity index (χ1) is 8.95. The number of hydrogen-bond acceptors (Lipinski definition) is 6. The molecule has 1 rings (SSSR count). The molecule has 0 atom stereocenters. The molecule has 0 radical (unpaired) electrons. The summed E-state index contributed by atoms with van der Waals surface area (Å²) in [4.78, 5) is 31.9. The summed E-state index contributed by atoms with van der Waals surface area (Å²) in [6.45, 7) is 0.615. The largest absolute Gasteiger partial charge is 0.456 e. The lowest BCUT2D eigenvalue weighted by Crippen LogP contribution is -2.20. The first-order valence-corrected chi connectivity index (χ1v) is 5.06. The quantitative estimate of drug-likeness (QED) is 0.490. The van der Waals surface area contributed by atoms with Crippen molar-refractivity contribution in [2.45, 2.75) is 6.92 Å². The zero-order valence-corrected chi connectivity index (χ0v) is 9.87. The highest BCUT2D eigenvalue weighted by atomic mass is 16.6. The third kappa shape index (κ3) is 3.78. The van der Waals surface area contributed by atoms with Crippen molar-refractivity contribution in [1.29, 1.82) is 5.26 Å². The molecule has 0 aliphatic rings. The van der Waals surface area contributed by atoms with Crippen molar-refractivity contribution < 1.29 is 19.2 Å². The Bertz CT molecular complexity index is 576. The highest BCUT2D eigenvalue weighted by Crippen LogP contribution is 2.25. The maximum atomic E-state index is 11.4. The van der Waals surface area contributed by atoms with Crippen LogP contribution in [-0.2, 0) is 14.3 Å². The Morgan fingerprint density at radius 2 is 2.21 bits per heavy atom. The number of ether oxygens (including phenoxy) is 1. The fraction of sp³-hybridized carbons (Fsp3) is 0.182. The second kappa shape index (κ2) is 6.11. The Morgan fingerprint density at radius 3 is 2.74 bits per heavy atom. The zero-order chi connectivity index (χ0) is 14.4. The number of carbonyl (C=O) groups is 2. The van der Waals surface area contributed by atoms with E-state index < -0.39 is 29.1 Å². The van der Waals surface area contributed by atoms with Crippen LogP contribution >= 0.6 is 0 Å². The van der Waals surface area contributed by atoms with Crippen LogP contribution in [-0.4, -0.2) is 23.4 Å². The first-order valence-electron chi connectivity index (χ1n) is 5.06. The molecule has 0 aliphatic carbocycles. The van der Waals surface area contributed by atoms with Crippen LogP contribution in [0.1, 0.15) is 12.5 Å². The minimum Gasteiger partial charge on any atom is -0.456 e. The smallest absolute Gasteiger partial charge is 0.303 e. The lowest BCUT2D eigenvalue weighted by molar-refractivity contribution is -0.385. The van der Waals surface area contributed by atoms with Crippen LogP contribution in [0.3, 0.4) is 0 Å². The zero-order valence-electron chi connectivity index (χ0n) is 9.87. The molecule has 1 aromatic carbocycles. The van der Waals surface area contributed by atoms with Gasteiger partial charge in [-0.15, -0.1) is 0 Å². The van der Waals surface area contributed by atoms with Crippen molar-refractivity contribution >= 4 is 23.3 Å². The van der Waals surface area contributed by atoms with Crippen molar-refractivity contribution in [3.05, 3.63) is 33.9 Å². The van der Waals surface area contributed by atoms with Gasteiger partial charge in [-0.05, 0) is 6.07 Å². The van der Waals surface area contributed by atoms with E-state index in [1.165, 1.54) is 12.1 Å². The summed E-state index contributed by atoms with van der Waals surface area (Å²) in [6, 6.07) is 5.48. The molecule has 8 heteroatoms. The number of amides is 1. The Labute approximate surface area is 107 Å². The number of rotatable bonds is 4. The molecule has 19 heavy (non-hydrogen) atoms. The van der Waals surface area contributed by atoms with Gasteiger partial charge in [0, 0.05) is 13.0 Å². The van der Waals surface area contributed by atoms with Gasteiger partial charge in [0.25, 0.3) is 11.6 Å². The van der Waals surface area contributed by atoms with Gasteiger partial charge in [0.1, 0.15) is 6.07 Å². The summed E-state index contributed by atoms with van der Waals surface area (Å²) < 4.78 is 4.46. The highest BCUT2D eigenvalue weighted by molar-refractivity contribution is 5.94. The van der Waals surface area contributed by atoms with Crippen molar-refractivity contribution in [2.75, 3.05) is 11.9 Å². The van der Waals surface area contributed by atoms with Crippen LogP contribution in [0.25, 0.3) is 0 Å². The Kier molecular flexibility index (Phi) is 4.54. The van der Waals surface area contributed by atoms with Crippen molar-refractivity contribution in [3.63, 3.8) is 0 Å². The molecule has 98 valence electrons. The number of nitrogens with one attached hydrogen (secondary N) is 1. The van der Waals surface area contributed by atoms with Crippen LogP contribution in [0.5, 0.6) is 0 Å². The standard InChI is InChI=1S/C11H9N3O5/c1-7(15)19-6-11(16)13-9-3-2-4-10(14(17)18)8(9)5-12/h2-4H,6H2,1H3,(H,13,16). The summed E-state index contributed by atoms with van der Waals surface area (Å²) in [5.74, 6) is -1.32. The molecule has 1 amide bonds. The predicted molar refractivity (Wildman–Crippen MR) is 63.1 cm³/mol. The van der Waals surface area contributed by atoms with Crippen LogP contribution in [0.2, 0.25) is 0 Å². The Morgan fingerprint density at radius 1 is 1.53 bits per heavy atom. The summed E-state index contributed by atoms with van der Waals surface area (Å²) in [6.07, 6.45) is 0. The minimum atomic E-state index is -0.722. The normalized spacial score (nSPS) is 9.26. The maximum Gasteiger partial charge on any atom is 0.303 e. The molecular formula is C11H9N3O5. The van der Waals surface area contributed by atoms with Crippen molar-refractivity contribution in [1.82, 2.24) is 0 Å². The molecule has 0 aliphatic heterocycles. The van der Waals surface area contributed by atoms with Gasteiger partial charge in [0.15, 0.2) is 12.2 Å². The molecule has 0 fully saturated rings. The van der Waals surface area contributed by atoms with E-state index in [0.29, 0.717) is 0 Å². The number of carbonyl (C=O) groups excluding carboxylic acids is 2. The Balaban J connectivity index is 2.93. The van der Waals surface area contributed by atoms with E-state index in [4.69, 9.17) is 5.26 Å². The minimum absolute atomic E-state index is 0.00569. The second-order valence-electron chi connectivity index (χ2n) is 3.40. The summed E-state index contributed by atoms with van der Waals surface area (Å²) in [5, 5.41) is 21.9. The highest BCUT2D eigenvalue weighted by Gasteiger charge is 2.18. The molecule has 1 N–H and O–H groups in total. The van der Waals surface area contributed by atoms with Crippen LogP contribution in [0, 0.1) is 21.4 Å². The van der Waals surface area contributed by atoms with E-state index in [-0.39, 0.29) is 11.3 Å². The molecule has 0 bridgehead atoms. The van der Waals surface area contributed by atoms with E-state index >= 15 is 0 Å². The number of nitro groups is 1. The van der Waals surface area contributed by atoms with Gasteiger partial charge < -0.3 is 10.1 Å². The average molecular weight is 263 g/mol. The summed E-state index contributed by atoms with van der Waals surface area (Å²) >= 11 is 0. The number of nitriles is 1. The van der Waals surface area contributed by atoms with Gasteiger partial charge in [-0.3, -0.25) is 19.7 Å². The van der Waals surface area contributed by atoms with Gasteiger partial charge in [-0.1, -0.05) is 6.07 Å². The van der Waals surface area contributed by atoms with E-state index in [1.807, 2.05) is 0 Å². The average Bonchev–Trinajstić information content (AvgIpc) is 2.36. The molecule has 0 heterocycles. The lowest BCUT2D eigenvalue weighted by atomic mass is 10.1. The fourth-order valence-electron chi connectivity index (χ4n) is 1.27. The third-order valence-electron chi connectivity index (χ3n) is 2.03. The number of nitro benzene ring substituents is 1. The molecule has 0 unspecified atom stereocenters. The number of benzene rings is 1. The van der Waals surface area contributed by atoms with Crippen LogP contribution in [0.15, 0.2) is 18.2 Å². The van der Waals surface area contributed by atoms with Crippen molar-refractivity contribution in [2.24, 2.45) is 0 Å². The number of anilines is 1. The van der Waals surface area contributed by atoms with Gasteiger partial charge in [0.05, 0.1) is 10.6 Å². The van der Waals surface area contributed by atoms with Gasteiger partial charge in [0.2, 0.25) is 0 Å². The van der Waals surface area contributed by atoms with Gasteiger partial charge in [-0.25, -0.2) is 0 Å². The first kappa shape index (κ1) is 14.1. The van der Waals surface area contributed by atoms with Crippen LogP contribution in [0.4, 0.5) is 11.4 Å². The molecule has 0 saturated heterocycles. The monoisotopic (exact) mass is 263 g/mol. The van der Waals surface area contributed by atoms with E-state index in [1.54, 1.807) is 6.07 Å². The fourth-order valence-corrected chi connectivity index (χ4v) is 1.27. The van der Waals surface area contributed by atoms with Crippen molar-refractivity contribution in [3.8, 4) is 6.07 Å². The summed E-state index contributed by atoms with van der Waals surface area (Å²) in [7, 11) is 0. The molecule has 1 aromatic rings. The van der Waals surface area contributed by atoms with E-state index in [9.17, 15) is 19.7 Å². The summed E-state index contributed by atoms with van der Waals surface area (Å²) in [5.41, 5.74) is -0.676. The second-order valence-corrected chi connectivity index (χ2v) is 3.40. The van der Waals surface area contributed by atoms with E-state index in [2.05, 4.69) is 10.1 Å². The predicted octanol–water partition coefficient (Wildman–Crippen LogP) is 0.968. The van der Waals surface area contributed by atoms with Crippen LogP contribution < -0.4 is 5.32 Å². The van der Waals surface area contributed by atoms with E-state index in [0.717, 1.165) is 13.0 Å².